The van der Waals surface area contributed by atoms with Gasteiger partial charge in [0.25, 0.3) is 0 Å². The lowest BCUT2D eigenvalue weighted by molar-refractivity contribution is -0.0398. The summed E-state index contributed by atoms with van der Waals surface area (Å²) in [6.07, 6.45) is 6.85. The van der Waals surface area contributed by atoms with Crippen LogP contribution in [0.5, 0.6) is 0 Å². The lowest BCUT2D eigenvalue weighted by Gasteiger charge is -2.61. The molecule has 5 aliphatic rings. The molecule has 0 saturated heterocycles. The van der Waals surface area contributed by atoms with Crippen LogP contribution in [0.3, 0.4) is 0 Å². The Kier molecular flexibility index (Phi) is 6.78. The predicted octanol–water partition coefficient (Wildman–Crippen LogP) is 13.8. The number of thiophene rings is 1. The Bertz CT molecular complexity index is 3060. The number of nitrogens with zero attached hydrogens (tertiary/aromatic N) is 3. The molecule has 57 heavy (non-hydrogen) atoms. The number of fused-ring (bicyclic) bond motifs is 7. The maximum absolute atomic E-state index is 5.30. The Morgan fingerprint density at radius 2 is 1.00 bits per heavy atom. The van der Waals surface area contributed by atoms with Crippen LogP contribution in [0.2, 0.25) is 0 Å². The highest BCUT2D eigenvalue weighted by molar-refractivity contribution is 7.26. The van der Waals surface area contributed by atoms with Gasteiger partial charge in [0, 0.05) is 42.3 Å². The van der Waals surface area contributed by atoms with Crippen molar-refractivity contribution in [3.05, 3.63) is 163 Å². The van der Waals surface area contributed by atoms with Gasteiger partial charge in [-0.3, -0.25) is 0 Å². The molecule has 14 rings (SSSR count). The van der Waals surface area contributed by atoms with Crippen LogP contribution in [0.25, 0.3) is 87.4 Å². The second-order valence-electron chi connectivity index (χ2n) is 17.2. The molecule has 9 aromatic rings. The number of rotatable bonds is 4. The molecule has 2 heterocycles. The van der Waals surface area contributed by atoms with E-state index < -0.39 is 0 Å². The third kappa shape index (κ3) is 4.68. The number of benzene rings is 7. The van der Waals surface area contributed by atoms with Crippen LogP contribution in [0.15, 0.2) is 152 Å². The minimum atomic E-state index is 0.0450. The van der Waals surface area contributed by atoms with E-state index in [9.17, 15) is 0 Å². The molecular weight excluding hydrogens is 711 g/mol. The summed E-state index contributed by atoms with van der Waals surface area (Å²) in [7, 11) is 0. The second-order valence-corrected chi connectivity index (χ2v) is 18.3. The van der Waals surface area contributed by atoms with E-state index in [1.54, 1.807) is 5.56 Å². The fraction of sp³-hybridized carbons (Fsp3) is 0.189. The summed E-state index contributed by atoms with van der Waals surface area (Å²) in [5, 5.41) is 5.32. The van der Waals surface area contributed by atoms with Crippen molar-refractivity contribution in [3.8, 4) is 56.4 Å². The smallest absolute Gasteiger partial charge is 0.164 e. The molecule has 0 N–H and O–H groups in total. The maximum Gasteiger partial charge on any atom is 0.164 e. The topological polar surface area (TPSA) is 38.7 Å². The largest absolute Gasteiger partial charge is 0.208 e. The molecule has 0 aliphatic heterocycles. The molecule has 1 spiro atoms. The van der Waals surface area contributed by atoms with Gasteiger partial charge in [-0.1, -0.05) is 127 Å². The molecular formula is C53H39N3S. The Labute approximate surface area is 336 Å². The first-order valence-corrected chi connectivity index (χ1v) is 21.5. The molecule has 4 saturated carbocycles. The first-order chi connectivity index (χ1) is 28.2. The van der Waals surface area contributed by atoms with Crippen molar-refractivity contribution in [2.75, 3.05) is 0 Å². The van der Waals surface area contributed by atoms with Crippen molar-refractivity contribution in [1.29, 1.82) is 0 Å². The molecule has 7 aromatic carbocycles. The van der Waals surface area contributed by atoms with Gasteiger partial charge in [0.05, 0.1) is 0 Å². The molecule has 272 valence electrons. The number of hydrogen-bond donors (Lipinski definition) is 0. The Balaban J connectivity index is 0.960. The zero-order valence-corrected chi connectivity index (χ0v) is 32.3. The van der Waals surface area contributed by atoms with Crippen molar-refractivity contribution < 1.29 is 0 Å². The van der Waals surface area contributed by atoms with Crippen LogP contribution in [0.1, 0.15) is 43.2 Å². The molecule has 4 heteroatoms. The van der Waals surface area contributed by atoms with E-state index in [-0.39, 0.29) is 5.41 Å². The van der Waals surface area contributed by atoms with Crippen LogP contribution >= 0.6 is 11.3 Å². The van der Waals surface area contributed by atoms with Gasteiger partial charge in [0.15, 0.2) is 17.5 Å². The average molecular weight is 750 g/mol. The van der Waals surface area contributed by atoms with Crippen LogP contribution < -0.4 is 0 Å². The molecule has 0 unspecified atom stereocenters. The Hall–Kier alpha value is -5.97. The lowest BCUT2D eigenvalue weighted by Crippen LogP contribution is -2.55. The van der Waals surface area contributed by atoms with Crippen molar-refractivity contribution >= 4 is 42.3 Å². The third-order valence-electron chi connectivity index (χ3n) is 14.3. The lowest BCUT2D eigenvalue weighted by atomic mass is 9.43. The van der Waals surface area contributed by atoms with Crippen LogP contribution in [0.4, 0.5) is 0 Å². The molecule has 4 fully saturated rings. The van der Waals surface area contributed by atoms with Crippen LogP contribution in [-0.2, 0) is 5.41 Å². The maximum atomic E-state index is 5.30. The quantitative estimate of drug-likeness (QED) is 0.180. The normalized spacial score (nSPS) is 22.8. The van der Waals surface area contributed by atoms with E-state index >= 15 is 0 Å². The summed E-state index contributed by atoms with van der Waals surface area (Å²) in [5.41, 5.74) is 11.5. The van der Waals surface area contributed by atoms with Gasteiger partial charge in [0.1, 0.15) is 0 Å². The summed E-state index contributed by atoms with van der Waals surface area (Å²) < 4.78 is 2.64. The van der Waals surface area contributed by atoms with Crippen LogP contribution in [0, 0.1) is 23.7 Å². The van der Waals surface area contributed by atoms with E-state index in [2.05, 4.69) is 152 Å². The molecule has 0 amide bonds. The van der Waals surface area contributed by atoms with Crippen molar-refractivity contribution in [1.82, 2.24) is 15.0 Å². The molecule has 0 radical (unpaired) electrons. The third-order valence-corrected chi connectivity index (χ3v) is 15.5. The Morgan fingerprint density at radius 3 is 1.75 bits per heavy atom. The highest BCUT2D eigenvalue weighted by Crippen LogP contribution is 2.69. The minimum Gasteiger partial charge on any atom is -0.208 e. The van der Waals surface area contributed by atoms with E-state index in [0.717, 1.165) is 34.4 Å². The summed E-state index contributed by atoms with van der Waals surface area (Å²) in [6, 6.07) is 55.8. The summed E-state index contributed by atoms with van der Waals surface area (Å²) >= 11 is 1.87. The van der Waals surface area contributed by atoms with Crippen LogP contribution in [-0.4, -0.2) is 15.0 Å². The monoisotopic (exact) mass is 749 g/mol. The zero-order chi connectivity index (χ0) is 37.2. The standard InChI is InChI=1S/C53H39N3S/c1-2-9-34(10-3-1)50-54-51(35-19-17-33(18-20-35)41-14-8-15-44-43-13-6-7-16-48(43)57-49(41)44)56-52(55-50)38-21-22-42-45-28-36-11-4-5-12-37(36)29-47(45)53(46(42)30-38)39-24-31-23-32(26-39)27-40(53)25-31/h1-22,28-32,39-40H,23-27H2. The molecule has 5 aliphatic carbocycles. The highest BCUT2D eigenvalue weighted by Gasteiger charge is 2.61. The fourth-order valence-corrected chi connectivity index (χ4v) is 13.4. The first kappa shape index (κ1) is 32.2. The molecule has 0 atom stereocenters. The molecule has 3 nitrogen and oxygen atoms in total. The van der Waals surface area contributed by atoms with Gasteiger partial charge >= 0.3 is 0 Å². The summed E-state index contributed by atoms with van der Waals surface area (Å²) in [6.45, 7) is 0. The minimum absolute atomic E-state index is 0.0450. The Morgan fingerprint density at radius 1 is 0.421 bits per heavy atom. The SMILES string of the molecule is c1ccc(-c2nc(-c3ccc(-c4cccc5c4sc4ccccc45)cc3)nc(-c3ccc4c(c3)C3(c5cc6ccccc6cc5-4)C4CC5CC(C4)CC3C5)n2)cc1. The number of hydrogen-bond acceptors (Lipinski definition) is 4. The van der Waals surface area contributed by atoms with Gasteiger partial charge < -0.3 is 0 Å². The van der Waals surface area contributed by atoms with Gasteiger partial charge in [-0.2, -0.15) is 0 Å². The van der Waals surface area contributed by atoms with Gasteiger partial charge in [-0.15, -0.1) is 11.3 Å². The first-order valence-electron chi connectivity index (χ1n) is 20.7. The zero-order valence-electron chi connectivity index (χ0n) is 31.5. The number of aromatic nitrogens is 3. The average Bonchev–Trinajstić information content (AvgIpc) is 3.78. The fourth-order valence-electron chi connectivity index (χ4n) is 12.1. The molecule has 2 aromatic heterocycles. The summed E-state index contributed by atoms with van der Waals surface area (Å²) in [5.74, 6) is 5.27. The van der Waals surface area contributed by atoms with E-state index in [1.807, 2.05) is 11.3 Å². The molecule has 4 bridgehead atoms. The second kappa shape index (κ2) is 12.0. The van der Waals surface area contributed by atoms with E-state index in [4.69, 9.17) is 15.0 Å². The van der Waals surface area contributed by atoms with Crippen molar-refractivity contribution in [2.45, 2.75) is 37.5 Å². The predicted molar refractivity (Wildman–Crippen MR) is 235 cm³/mol. The van der Waals surface area contributed by atoms with E-state index in [0.29, 0.717) is 23.5 Å². The van der Waals surface area contributed by atoms with Crippen molar-refractivity contribution in [2.24, 2.45) is 23.7 Å². The highest BCUT2D eigenvalue weighted by atomic mass is 32.1. The van der Waals surface area contributed by atoms with Gasteiger partial charge in [-0.05, 0) is 124 Å². The van der Waals surface area contributed by atoms with Gasteiger partial charge in [0.2, 0.25) is 0 Å². The summed E-state index contributed by atoms with van der Waals surface area (Å²) in [4.78, 5) is 15.7. The van der Waals surface area contributed by atoms with E-state index in [1.165, 1.54) is 90.9 Å². The van der Waals surface area contributed by atoms with Crippen molar-refractivity contribution in [3.63, 3.8) is 0 Å². The van der Waals surface area contributed by atoms with Gasteiger partial charge in [-0.25, -0.2) is 15.0 Å².